The fourth-order valence-corrected chi connectivity index (χ4v) is 3.82. The zero-order valence-corrected chi connectivity index (χ0v) is 20.8. The summed E-state index contributed by atoms with van der Waals surface area (Å²) >= 11 is 0. The highest BCUT2D eigenvalue weighted by Gasteiger charge is 2.24. The number of hydrogen-bond acceptors (Lipinski definition) is 3. The van der Waals surface area contributed by atoms with Crippen LogP contribution in [0.25, 0.3) is 0 Å². The maximum Gasteiger partial charge on any atom is 0.224 e. The Morgan fingerprint density at radius 3 is 2.47 bits per heavy atom. The summed E-state index contributed by atoms with van der Waals surface area (Å²) in [7, 11) is 1.75. The van der Waals surface area contributed by atoms with Crippen molar-refractivity contribution in [1.29, 1.82) is 0 Å². The number of guanidine groups is 1. The number of aliphatic imine (C=N–C) groups is 1. The van der Waals surface area contributed by atoms with Crippen molar-refractivity contribution in [2.24, 2.45) is 4.99 Å². The molecule has 0 radical (unpaired) electrons. The van der Waals surface area contributed by atoms with E-state index in [0.29, 0.717) is 19.1 Å². The lowest BCUT2D eigenvalue weighted by atomic mass is 10.1. The van der Waals surface area contributed by atoms with Gasteiger partial charge in [0.25, 0.3) is 0 Å². The molecule has 0 aromatic heterocycles. The fourth-order valence-electron chi connectivity index (χ4n) is 3.82. The Labute approximate surface area is 207 Å². The molecule has 0 spiro atoms. The summed E-state index contributed by atoms with van der Waals surface area (Å²) in [5.74, 6) is 0.353. The van der Waals surface area contributed by atoms with Crippen LogP contribution in [-0.2, 0) is 17.8 Å². The Morgan fingerprint density at radius 1 is 1.03 bits per heavy atom. The van der Waals surface area contributed by atoms with E-state index in [0.717, 1.165) is 31.2 Å². The van der Waals surface area contributed by atoms with Gasteiger partial charge in [0, 0.05) is 39.3 Å². The Morgan fingerprint density at radius 2 is 1.75 bits per heavy atom. The van der Waals surface area contributed by atoms with Gasteiger partial charge in [0.1, 0.15) is 5.82 Å². The van der Waals surface area contributed by atoms with Crippen molar-refractivity contribution in [1.82, 2.24) is 20.9 Å². The molecule has 1 aliphatic rings. The minimum Gasteiger partial charge on any atom is -0.355 e. The molecule has 174 valence electrons. The standard InChI is InChI=1S/C24H32FN5O.HI/c1-26-24(28-14-13-27-23(31)16-19-9-11-21(25)12-10-19)29-17-22-8-5-15-30(22)18-20-6-3-2-4-7-20;/h2-4,6-7,9-12,22H,5,8,13-18H2,1H3,(H,27,31)(H2,26,28,29);1H. The predicted octanol–water partition coefficient (Wildman–Crippen LogP) is 2.93. The van der Waals surface area contributed by atoms with Crippen LogP contribution in [0.15, 0.2) is 59.6 Å². The van der Waals surface area contributed by atoms with Gasteiger partial charge in [-0.25, -0.2) is 4.39 Å². The summed E-state index contributed by atoms with van der Waals surface area (Å²) in [5.41, 5.74) is 2.13. The third-order valence-corrected chi connectivity index (χ3v) is 5.47. The van der Waals surface area contributed by atoms with Gasteiger partial charge in [-0.1, -0.05) is 42.5 Å². The summed E-state index contributed by atoms with van der Waals surface area (Å²) in [6.07, 6.45) is 2.63. The Kier molecular flexibility index (Phi) is 11.4. The van der Waals surface area contributed by atoms with Crippen molar-refractivity contribution in [3.05, 3.63) is 71.5 Å². The monoisotopic (exact) mass is 553 g/mol. The Bertz CT molecular complexity index is 847. The smallest absolute Gasteiger partial charge is 0.224 e. The SMILES string of the molecule is CN=C(NCCNC(=O)Cc1ccc(F)cc1)NCC1CCCN1Cc1ccccc1.I. The van der Waals surface area contributed by atoms with Gasteiger partial charge < -0.3 is 16.0 Å². The highest BCUT2D eigenvalue weighted by molar-refractivity contribution is 14.0. The first-order valence-corrected chi connectivity index (χ1v) is 10.9. The number of nitrogens with one attached hydrogen (secondary N) is 3. The molecule has 1 atom stereocenters. The van der Waals surface area contributed by atoms with Crippen LogP contribution in [0, 0.1) is 5.82 Å². The van der Waals surface area contributed by atoms with E-state index in [2.05, 4.69) is 50.1 Å². The molecule has 3 N–H and O–H groups in total. The first kappa shape index (κ1) is 26.1. The molecule has 6 nitrogen and oxygen atoms in total. The molecule has 1 heterocycles. The Balaban J connectivity index is 0.00000363. The molecule has 1 fully saturated rings. The van der Waals surface area contributed by atoms with Gasteiger partial charge in [-0.2, -0.15) is 0 Å². The lowest BCUT2D eigenvalue weighted by Gasteiger charge is -2.25. The minimum atomic E-state index is -0.298. The van der Waals surface area contributed by atoms with E-state index in [4.69, 9.17) is 0 Å². The van der Waals surface area contributed by atoms with Crippen LogP contribution >= 0.6 is 24.0 Å². The summed E-state index contributed by atoms with van der Waals surface area (Å²) in [6, 6.07) is 17.0. The van der Waals surface area contributed by atoms with Crippen LogP contribution in [0.4, 0.5) is 4.39 Å². The Hall–Kier alpha value is -2.20. The van der Waals surface area contributed by atoms with E-state index in [9.17, 15) is 9.18 Å². The van der Waals surface area contributed by atoms with E-state index in [1.165, 1.54) is 30.5 Å². The molecule has 32 heavy (non-hydrogen) atoms. The second-order valence-electron chi connectivity index (χ2n) is 7.79. The topological polar surface area (TPSA) is 68.8 Å². The van der Waals surface area contributed by atoms with Crippen LogP contribution in [-0.4, -0.2) is 56.0 Å². The van der Waals surface area contributed by atoms with Gasteiger partial charge in [-0.15, -0.1) is 24.0 Å². The van der Waals surface area contributed by atoms with Gasteiger partial charge >= 0.3 is 0 Å². The van der Waals surface area contributed by atoms with Crippen LogP contribution in [0.5, 0.6) is 0 Å². The van der Waals surface area contributed by atoms with Gasteiger partial charge in [-0.05, 0) is 42.6 Å². The second kappa shape index (κ2) is 14.1. The van der Waals surface area contributed by atoms with Gasteiger partial charge in [0.05, 0.1) is 6.42 Å². The van der Waals surface area contributed by atoms with Crippen LogP contribution in [0.3, 0.4) is 0 Å². The summed E-state index contributed by atoms with van der Waals surface area (Å²) < 4.78 is 12.9. The number of amides is 1. The maximum absolute atomic E-state index is 12.9. The number of benzene rings is 2. The fraction of sp³-hybridized carbons (Fsp3) is 0.417. The lowest BCUT2D eigenvalue weighted by molar-refractivity contribution is -0.120. The first-order valence-electron chi connectivity index (χ1n) is 10.9. The summed E-state index contributed by atoms with van der Waals surface area (Å²) in [4.78, 5) is 18.8. The molecule has 0 aliphatic carbocycles. The number of carbonyl (C=O) groups is 1. The first-order chi connectivity index (χ1) is 15.1. The summed E-state index contributed by atoms with van der Waals surface area (Å²) in [5, 5.41) is 9.52. The van der Waals surface area contributed by atoms with E-state index < -0.39 is 0 Å². The molecule has 0 bridgehead atoms. The van der Waals surface area contributed by atoms with Crippen LogP contribution in [0.2, 0.25) is 0 Å². The average molecular weight is 553 g/mol. The lowest BCUT2D eigenvalue weighted by Crippen LogP contribution is -2.46. The molecule has 1 amide bonds. The molecule has 2 aromatic rings. The van der Waals surface area contributed by atoms with Crippen molar-refractivity contribution in [2.45, 2.75) is 31.8 Å². The van der Waals surface area contributed by atoms with Crippen LogP contribution in [0.1, 0.15) is 24.0 Å². The molecular formula is C24H33FIN5O. The zero-order valence-electron chi connectivity index (χ0n) is 18.5. The van der Waals surface area contributed by atoms with Crippen molar-refractivity contribution in [3.8, 4) is 0 Å². The van der Waals surface area contributed by atoms with Gasteiger partial charge in [0.2, 0.25) is 5.91 Å². The maximum atomic E-state index is 12.9. The summed E-state index contributed by atoms with van der Waals surface area (Å²) in [6.45, 7) is 3.99. The van der Waals surface area contributed by atoms with E-state index in [-0.39, 0.29) is 42.1 Å². The van der Waals surface area contributed by atoms with E-state index in [1.54, 1.807) is 19.2 Å². The van der Waals surface area contributed by atoms with Gasteiger partial charge in [-0.3, -0.25) is 14.7 Å². The minimum absolute atomic E-state index is 0. The quantitative estimate of drug-likeness (QED) is 0.194. The molecule has 8 heteroatoms. The average Bonchev–Trinajstić information content (AvgIpc) is 3.22. The van der Waals surface area contributed by atoms with Crippen molar-refractivity contribution >= 4 is 35.8 Å². The molecule has 1 aliphatic heterocycles. The predicted molar refractivity (Wildman–Crippen MR) is 138 cm³/mol. The highest BCUT2D eigenvalue weighted by atomic mass is 127. The second-order valence-corrected chi connectivity index (χ2v) is 7.79. The van der Waals surface area contributed by atoms with E-state index >= 15 is 0 Å². The number of nitrogens with zero attached hydrogens (tertiary/aromatic N) is 2. The highest BCUT2D eigenvalue weighted by Crippen LogP contribution is 2.19. The van der Waals surface area contributed by atoms with E-state index in [1.807, 2.05) is 6.07 Å². The molecule has 3 rings (SSSR count). The zero-order chi connectivity index (χ0) is 21.9. The largest absolute Gasteiger partial charge is 0.355 e. The van der Waals surface area contributed by atoms with Crippen LogP contribution < -0.4 is 16.0 Å². The number of rotatable bonds is 9. The molecular weight excluding hydrogens is 520 g/mol. The molecule has 0 saturated carbocycles. The van der Waals surface area contributed by atoms with Crippen molar-refractivity contribution in [2.75, 3.05) is 33.2 Å². The molecule has 1 saturated heterocycles. The van der Waals surface area contributed by atoms with Crippen molar-refractivity contribution in [3.63, 3.8) is 0 Å². The third-order valence-electron chi connectivity index (χ3n) is 5.47. The van der Waals surface area contributed by atoms with Crippen molar-refractivity contribution < 1.29 is 9.18 Å². The number of hydrogen-bond donors (Lipinski definition) is 3. The molecule has 1 unspecified atom stereocenters. The van der Waals surface area contributed by atoms with Gasteiger partial charge in [0.15, 0.2) is 5.96 Å². The number of halogens is 2. The number of carbonyl (C=O) groups excluding carboxylic acids is 1. The number of likely N-dealkylation sites (tertiary alicyclic amines) is 1. The normalized spacial score (nSPS) is 16.3. The third kappa shape index (κ3) is 8.74. The molecule has 2 aromatic carbocycles.